The molecule has 0 bridgehead atoms. The Balaban J connectivity index is 1.72. The zero-order valence-corrected chi connectivity index (χ0v) is 14.5. The second-order valence-corrected chi connectivity index (χ2v) is 6.19. The first kappa shape index (κ1) is 18.2. The first-order valence-electron chi connectivity index (χ1n) is 8.15. The van der Waals surface area contributed by atoms with Gasteiger partial charge in [-0.1, -0.05) is 0 Å². The molecule has 0 aliphatic rings. The predicted molar refractivity (Wildman–Crippen MR) is 92.5 cm³/mol. The topological polar surface area (TPSA) is 43.2 Å². The van der Waals surface area contributed by atoms with Crippen molar-refractivity contribution in [1.29, 1.82) is 0 Å². The summed E-state index contributed by atoms with van der Waals surface area (Å²) in [7, 11) is 4.01. The minimum absolute atomic E-state index is 0.198. The number of fused-ring (bicyclic) bond motifs is 1. The third-order valence-electron chi connectivity index (χ3n) is 3.79. The molecule has 3 aromatic rings. The number of benzene rings is 2. The van der Waals surface area contributed by atoms with Gasteiger partial charge in [-0.05, 0) is 63.0 Å². The summed E-state index contributed by atoms with van der Waals surface area (Å²) in [4.78, 5) is 3.41. The fraction of sp³-hybridized carbons (Fsp3) is 0.333. The highest BCUT2D eigenvalue weighted by Gasteiger charge is 2.30. The summed E-state index contributed by atoms with van der Waals surface area (Å²) in [5, 5.41) is 8.36. The largest absolute Gasteiger partial charge is 0.494 e. The molecule has 26 heavy (non-hydrogen) atoms. The minimum Gasteiger partial charge on any atom is -0.494 e. The highest BCUT2D eigenvalue weighted by molar-refractivity contribution is 5.74. The van der Waals surface area contributed by atoms with E-state index in [4.69, 9.17) is 4.74 Å². The first-order valence-corrected chi connectivity index (χ1v) is 8.15. The number of hydrogen-bond donors (Lipinski definition) is 0. The van der Waals surface area contributed by atoms with Gasteiger partial charge in [-0.15, -0.1) is 10.2 Å². The van der Waals surface area contributed by atoms with Gasteiger partial charge in [-0.2, -0.15) is 18.0 Å². The summed E-state index contributed by atoms with van der Waals surface area (Å²) in [6.45, 7) is 1.56. The van der Waals surface area contributed by atoms with Crippen LogP contribution in [-0.4, -0.2) is 47.1 Å². The molecule has 0 aliphatic heterocycles. The molecule has 3 rings (SSSR count). The third-order valence-corrected chi connectivity index (χ3v) is 3.79. The van der Waals surface area contributed by atoms with E-state index < -0.39 is 11.7 Å². The maximum atomic E-state index is 12.8. The average Bonchev–Trinajstić information content (AvgIpc) is 3.01. The van der Waals surface area contributed by atoms with Gasteiger partial charge >= 0.3 is 6.18 Å². The highest BCUT2D eigenvalue weighted by Crippen LogP contribution is 2.30. The van der Waals surface area contributed by atoms with E-state index in [1.165, 1.54) is 10.9 Å². The van der Waals surface area contributed by atoms with Gasteiger partial charge in [0.15, 0.2) is 0 Å². The van der Waals surface area contributed by atoms with Crippen LogP contribution in [0, 0.1) is 0 Å². The predicted octanol–water partition coefficient (Wildman–Crippen LogP) is 3.77. The summed E-state index contributed by atoms with van der Waals surface area (Å²) in [6, 6.07) is 10.5. The van der Waals surface area contributed by atoms with Crippen molar-refractivity contribution in [3.63, 3.8) is 0 Å². The van der Waals surface area contributed by atoms with E-state index >= 15 is 0 Å². The molecular weight excluding hydrogens is 345 g/mol. The van der Waals surface area contributed by atoms with Gasteiger partial charge in [0, 0.05) is 6.54 Å². The molecular formula is C18H19F3N4O. The smallest absolute Gasteiger partial charge is 0.416 e. The summed E-state index contributed by atoms with van der Waals surface area (Å²) in [6.07, 6.45) is -3.48. The van der Waals surface area contributed by atoms with Gasteiger partial charge in [0.2, 0.25) is 0 Å². The van der Waals surface area contributed by atoms with E-state index in [0.29, 0.717) is 17.8 Å². The van der Waals surface area contributed by atoms with Crippen LogP contribution in [0.5, 0.6) is 5.75 Å². The Bertz CT molecular complexity index is 872. The first-order chi connectivity index (χ1) is 12.3. The molecule has 2 aromatic carbocycles. The summed E-state index contributed by atoms with van der Waals surface area (Å²) in [5.41, 5.74) is 0.514. The minimum atomic E-state index is -4.40. The summed E-state index contributed by atoms with van der Waals surface area (Å²) in [5.74, 6) is 0.726. The second-order valence-electron chi connectivity index (χ2n) is 6.19. The Labute approximate surface area is 149 Å². The molecule has 5 nitrogen and oxygen atoms in total. The number of halogens is 3. The van der Waals surface area contributed by atoms with Crippen LogP contribution in [0.25, 0.3) is 16.7 Å². The monoisotopic (exact) mass is 364 g/mol. The van der Waals surface area contributed by atoms with Crippen LogP contribution in [0.2, 0.25) is 0 Å². The molecule has 0 atom stereocenters. The SMILES string of the molecule is CN(C)CCCOc1ccc(-n2nc3ccc(C(F)(F)F)cc3n2)cc1. The number of ether oxygens (including phenoxy) is 1. The van der Waals surface area contributed by atoms with Crippen LogP contribution in [0.4, 0.5) is 13.2 Å². The number of rotatable bonds is 6. The van der Waals surface area contributed by atoms with Crippen LogP contribution >= 0.6 is 0 Å². The molecule has 0 N–H and O–H groups in total. The number of alkyl halides is 3. The van der Waals surface area contributed by atoms with Crippen molar-refractivity contribution in [1.82, 2.24) is 19.9 Å². The van der Waals surface area contributed by atoms with Gasteiger partial charge in [-0.25, -0.2) is 0 Å². The maximum Gasteiger partial charge on any atom is 0.416 e. The standard InChI is InChI=1S/C18H19F3N4O/c1-24(2)10-3-11-26-15-7-5-14(6-8-15)25-22-16-9-4-13(18(19,20)21)12-17(16)23-25/h4-9,12H,3,10-11H2,1-2H3. The van der Waals surface area contributed by atoms with E-state index in [0.717, 1.165) is 30.8 Å². The normalized spacial score (nSPS) is 12.1. The molecule has 0 spiro atoms. The second kappa shape index (κ2) is 7.33. The Hall–Kier alpha value is -2.61. The molecule has 0 saturated heterocycles. The molecule has 0 fully saturated rings. The number of hydrogen-bond acceptors (Lipinski definition) is 4. The zero-order chi connectivity index (χ0) is 18.7. The van der Waals surface area contributed by atoms with Crippen molar-refractivity contribution in [3.8, 4) is 11.4 Å². The summed E-state index contributed by atoms with van der Waals surface area (Å²) >= 11 is 0. The van der Waals surface area contributed by atoms with Crippen molar-refractivity contribution in [2.45, 2.75) is 12.6 Å². The molecule has 0 amide bonds. The Morgan fingerprint density at radius 2 is 1.69 bits per heavy atom. The Morgan fingerprint density at radius 3 is 2.35 bits per heavy atom. The Kier molecular flexibility index (Phi) is 5.13. The van der Waals surface area contributed by atoms with E-state index in [1.54, 1.807) is 24.3 Å². The molecule has 1 heterocycles. The van der Waals surface area contributed by atoms with Crippen molar-refractivity contribution in [2.75, 3.05) is 27.2 Å². The van der Waals surface area contributed by atoms with Gasteiger partial charge < -0.3 is 9.64 Å². The summed E-state index contributed by atoms with van der Waals surface area (Å²) < 4.78 is 44.0. The van der Waals surface area contributed by atoms with Gasteiger partial charge in [-0.3, -0.25) is 0 Å². The van der Waals surface area contributed by atoms with Gasteiger partial charge in [0.25, 0.3) is 0 Å². The number of nitrogens with zero attached hydrogens (tertiary/aromatic N) is 4. The van der Waals surface area contributed by atoms with E-state index in [9.17, 15) is 13.2 Å². The molecule has 0 aliphatic carbocycles. The van der Waals surface area contributed by atoms with Gasteiger partial charge in [0.05, 0.1) is 17.9 Å². The lowest BCUT2D eigenvalue weighted by atomic mass is 10.2. The van der Waals surface area contributed by atoms with E-state index in [1.807, 2.05) is 14.1 Å². The zero-order valence-electron chi connectivity index (χ0n) is 14.5. The highest BCUT2D eigenvalue weighted by atomic mass is 19.4. The fourth-order valence-electron chi connectivity index (χ4n) is 2.45. The lowest BCUT2D eigenvalue weighted by Crippen LogP contribution is -2.15. The molecule has 0 radical (unpaired) electrons. The van der Waals surface area contributed by atoms with Gasteiger partial charge in [0.1, 0.15) is 16.8 Å². The molecule has 0 saturated carbocycles. The van der Waals surface area contributed by atoms with E-state index in [2.05, 4.69) is 15.1 Å². The Morgan fingerprint density at radius 1 is 1.00 bits per heavy atom. The number of aromatic nitrogens is 3. The van der Waals surface area contributed by atoms with Crippen molar-refractivity contribution in [2.24, 2.45) is 0 Å². The molecule has 1 aromatic heterocycles. The van der Waals surface area contributed by atoms with Crippen LogP contribution in [0.3, 0.4) is 0 Å². The van der Waals surface area contributed by atoms with Crippen LogP contribution in [0.1, 0.15) is 12.0 Å². The average molecular weight is 364 g/mol. The lowest BCUT2D eigenvalue weighted by Gasteiger charge is -2.10. The van der Waals surface area contributed by atoms with Crippen molar-refractivity contribution >= 4 is 11.0 Å². The molecule has 0 unspecified atom stereocenters. The van der Waals surface area contributed by atoms with Crippen LogP contribution < -0.4 is 4.74 Å². The van der Waals surface area contributed by atoms with E-state index in [-0.39, 0.29) is 5.52 Å². The van der Waals surface area contributed by atoms with Crippen molar-refractivity contribution in [3.05, 3.63) is 48.0 Å². The maximum absolute atomic E-state index is 12.8. The molecule has 8 heteroatoms. The lowest BCUT2D eigenvalue weighted by molar-refractivity contribution is -0.137. The van der Waals surface area contributed by atoms with Crippen LogP contribution in [-0.2, 0) is 6.18 Å². The van der Waals surface area contributed by atoms with Crippen LogP contribution in [0.15, 0.2) is 42.5 Å². The quantitative estimate of drug-likeness (QED) is 0.625. The third kappa shape index (κ3) is 4.32. The molecule has 138 valence electrons. The van der Waals surface area contributed by atoms with Crippen molar-refractivity contribution < 1.29 is 17.9 Å². The fourth-order valence-corrected chi connectivity index (χ4v) is 2.45.